The molecule has 0 aliphatic heterocycles. The highest BCUT2D eigenvalue weighted by atomic mass is 35.5. The number of anilines is 1. The summed E-state index contributed by atoms with van der Waals surface area (Å²) >= 11 is 6.30. The van der Waals surface area contributed by atoms with Crippen LogP contribution in [0.5, 0.6) is 5.75 Å². The minimum Gasteiger partial charge on any atom is -0.491 e. The number of fused-ring (bicyclic) bond motifs is 1. The number of para-hydroxylation sites is 3. The molecule has 0 radical (unpaired) electrons. The van der Waals surface area contributed by atoms with E-state index in [-0.39, 0.29) is 24.6 Å². The zero-order valence-corrected chi connectivity index (χ0v) is 14.0. The second-order valence-corrected chi connectivity index (χ2v) is 5.75. The van der Waals surface area contributed by atoms with Gasteiger partial charge in [0, 0.05) is 10.9 Å². The number of nitrogens with one attached hydrogen (secondary N) is 2. The van der Waals surface area contributed by atoms with Crippen LogP contribution < -0.4 is 15.8 Å². The molecule has 1 heterocycles. The molecule has 6 nitrogen and oxygen atoms in total. The summed E-state index contributed by atoms with van der Waals surface area (Å²) < 4.78 is 5.52. The monoisotopic (exact) mass is 357 g/mol. The van der Waals surface area contributed by atoms with Crippen molar-refractivity contribution in [1.82, 2.24) is 4.98 Å². The quantitative estimate of drug-likeness (QED) is 0.631. The number of carbonyl (C=O) groups excluding carboxylic acids is 2. The van der Waals surface area contributed by atoms with Crippen molar-refractivity contribution in [2.24, 2.45) is 5.73 Å². The first kappa shape index (κ1) is 16.9. The number of ether oxygens (including phenoxy) is 1. The van der Waals surface area contributed by atoms with E-state index in [1.807, 2.05) is 24.3 Å². The molecule has 0 bridgehead atoms. The second-order valence-electron chi connectivity index (χ2n) is 5.37. The van der Waals surface area contributed by atoms with E-state index in [0.717, 1.165) is 10.9 Å². The van der Waals surface area contributed by atoms with E-state index < -0.39 is 5.91 Å². The number of amides is 2. The van der Waals surface area contributed by atoms with Crippen molar-refractivity contribution in [2.75, 3.05) is 11.9 Å². The van der Waals surface area contributed by atoms with Crippen LogP contribution in [0.3, 0.4) is 0 Å². The minimum absolute atomic E-state index is 0.0934. The first-order valence-corrected chi connectivity index (χ1v) is 8.01. The zero-order chi connectivity index (χ0) is 17.8. The molecule has 3 rings (SSSR count). The summed E-state index contributed by atoms with van der Waals surface area (Å²) in [6, 6.07) is 14.3. The van der Waals surface area contributed by atoms with Gasteiger partial charge in [0.15, 0.2) is 0 Å². The molecule has 2 aromatic carbocycles. The summed E-state index contributed by atoms with van der Waals surface area (Å²) in [6.07, 6.45) is 0.0934. The van der Waals surface area contributed by atoms with Gasteiger partial charge in [0.2, 0.25) is 5.91 Å². The number of aromatic nitrogens is 1. The van der Waals surface area contributed by atoms with Gasteiger partial charge in [0.25, 0.3) is 5.91 Å². The number of hydrogen-bond acceptors (Lipinski definition) is 3. The van der Waals surface area contributed by atoms with Crippen LogP contribution in [0.1, 0.15) is 16.9 Å². The lowest BCUT2D eigenvalue weighted by atomic mass is 10.2. The number of aromatic amines is 1. The molecule has 0 spiro atoms. The lowest BCUT2D eigenvalue weighted by Crippen LogP contribution is -2.16. The summed E-state index contributed by atoms with van der Waals surface area (Å²) in [6.45, 7) is 0.134. The van der Waals surface area contributed by atoms with Gasteiger partial charge in [-0.05, 0) is 18.2 Å². The molecule has 3 aromatic rings. The third-order valence-electron chi connectivity index (χ3n) is 3.61. The zero-order valence-electron chi connectivity index (χ0n) is 13.2. The van der Waals surface area contributed by atoms with Crippen molar-refractivity contribution in [3.05, 3.63) is 59.2 Å². The van der Waals surface area contributed by atoms with Crippen molar-refractivity contribution in [2.45, 2.75) is 6.42 Å². The SMILES string of the molecule is NC(=O)CCOc1ccccc1NC(=O)c1[nH]c2ccccc2c1Cl. The van der Waals surface area contributed by atoms with E-state index in [0.29, 0.717) is 16.5 Å². The first-order valence-electron chi connectivity index (χ1n) is 7.64. The number of hydrogen-bond donors (Lipinski definition) is 3. The average Bonchev–Trinajstić information content (AvgIpc) is 2.93. The maximum absolute atomic E-state index is 12.6. The standard InChI is InChI=1S/C18H16ClN3O3/c19-16-11-5-1-2-6-12(11)21-17(16)18(24)22-13-7-3-4-8-14(13)25-10-9-15(20)23/h1-8,21H,9-10H2,(H2,20,23)(H,22,24). The highest BCUT2D eigenvalue weighted by Crippen LogP contribution is 2.29. The Morgan fingerprint density at radius 3 is 2.60 bits per heavy atom. The molecule has 0 aliphatic rings. The normalized spacial score (nSPS) is 10.6. The van der Waals surface area contributed by atoms with Crippen molar-refractivity contribution >= 4 is 40.0 Å². The Kier molecular flexibility index (Phi) is 4.90. The van der Waals surface area contributed by atoms with Gasteiger partial charge in [-0.25, -0.2) is 0 Å². The number of halogens is 1. The summed E-state index contributed by atoms with van der Waals surface area (Å²) in [7, 11) is 0. The molecule has 0 unspecified atom stereocenters. The Balaban J connectivity index is 1.80. The fourth-order valence-corrected chi connectivity index (χ4v) is 2.70. The molecular formula is C18H16ClN3O3. The number of nitrogens with two attached hydrogens (primary N) is 1. The van der Waals surface area contributed by atoms with E-state index in [2.05, 4.69) is 10.3 Å². The van der Waals surface area contributed by atoms with Crippen LogP contribution in [-0.2, 0) is 4.79 Å². The number of rotatable bonds is 6. The Bertz CT molecular complexity index is 936. The number of H-pyrrole nitrogens is 1. The van der Waals surface area contributed by atoms with Crippen LogP contribution >= 0.6 is 11.6 Å². The van der Waals surface area contributed by atoms with Gasteiger partial charge < -0.3 is 20.8 Å². The van der Waals surface area contributed by atoms with Crippen LogP contribution in [0.25, 0.3) is 10.9 Å². The van der Waals surface area contributed by atoms with E-state index in [9.17, 15) is 9.59 Å². The summed E-state index contributed by atoms with van der Waals surface area (Å²) in [4.78, 5) is 26.4. The second kappa shape index (κ2) is 7.27. The maximum atomic E-state index is 12.6. The molecule has 0 saturated carbocycles. The van der Waals surface area contributed by atoms with Gasteiger partial charge in [0.05, 0.1) is 23.7 Å². The molecule has 0 saturated heterocycles. The van der Waals surface area contributed by atoms with Crippen molar-refractivity contribution in [3.8, 4) is 5.75 Å². The fraction of sp³-hybridized carbons (Fsp3) is 0.111. The number of carbonyl (C=O) groups is 2. The van der Waals surface area contributed by atoms with Crippen LogP contribution in [-0.4, -0.2) is 23.4 Å². The average molecular weight is 358 g/mol. The predicted octanol–water partition coefficient (Wildman–Crippen LogP) is 3.33. The maximum Gasteiger partial charge on any atom is 0.273 e. The van der Waals surface area contributed by atoms with Gasteiger partial charge in [0.1, 0.15) is 11.4 Å². The molecule has 0 fully saturated rings. The molecular weight excluding hydrogens is 342 g/mol. The molecule has 2 amide bonds. The Morgan fingerprint density at radius 2 is 1.84 bits per heavy atom. The third-order valence-corrected chi connectivity index (χ3v) is 4.00. The van der Waals surface area contributed by atoms with Crippen molar-refractivity contribution in [1.29, 1.82) is 0 Å². The predicted molar refractivity (Wildman–Crippen MR) is 97.0 cm³/mol. The van der Waals surface area contributed by atoms with Crippen molar-refractivity contribution in [3.63, 3.8) is 0 Å². The molecule has 25 heavy (non-hydrogen) atoms. The van der Waals surface area contributed by atoms with Gasteiger partial charge in [-0.3, -0.25) is 9.59 Å². The molecule has 128 valence electrons. The Labute approximate surface area is 148 Å². The molecule has 0 aliphatic carbocycles. The van der Waals surface area contributed by atoms with Gasteiger partial charge in [-0.2, -0.15) is 0 Å². The smallest absolute Gasteiger partial charge is 0.273 e. The number of benzene rings is 2. The topological polar surface area (TPSA) is 97.2 Å². The summed E-state index contributed by atoms with van der Waals surface area (Å²) in [5.41, 5.74) is 6.63. The van der Waals surface area contributed by atoms with Crippen LogP contribution in [0.2, 0.25) is 5.02 Å². The largest absolute Gasteiger partial charge is 0.491 e. The molecule has 0 atom stereocenters. The van der Waals surface area contributed by atoms with E-state index in [1.54, 1.807) is 24.3 Å². The first-order chi connectivity index (χ1) is 12.1. The van der Waals surface area contributed by atoms with E-state index in [4.69, 9.17) is 22.1 Å². The highest BCUT2D eigenvalue weighted by Gasteiger charge is 2.17. The van der Waals surface area contributed by atoms with Gasteiger partial charge >= 0.3 is 0 Å². The van der Waals surface area contributed by atoms with E-state index >= 15 is 0 Å². The minimum atomic E-state index is -0.452. The van der Waals surface area contributed by atoms with Crippen LogP contribution in [0.4, 0.5) is 5.69 Å². The Hall–Kier alpha value is -2.99. The van der Waals surface area contributed by atoms with Gasteiger partial charge in [-0.1, -0.05) is 41.9 Å². The van der Waals surface area contributed by atoms with Gasteiger partial charge in [-0.15, -0.1) is 0 Å². The molecule has 1 aromatic heterocycles. The lowest BCUT2D eigenvalue weighted by molar-refractivity contribution is -0.118. The van der Waals surface area contributed by atoms with Crippen molar-refractivity contribution < 1.29 is 14.3 Å². The lowest BCUT2D eigenvalue weighted by Gasteiger charge is -2.11. The highest BCUT2D eigenvalue weighted by molar-refractivity contribution is 6.39. The molecule has 7 heteroatoms. The summed E-state index contributed by atoms with van der Waals surface area (Å²) in [5, 5.41) is 3.91. The van der Waals surface area contributed by atoms with E-state index in [1.165, 1.54) is 0 Å². The summed E-state index contributed by atoms with van der Waals surface area (Å²) in [5.74, 6) is -0.386. The third kappa shape index (κ3) is 3.75. The number of primary amides is 1. The van der Waals surface area contributed by atoms with Crippen LogP contribution in [0.15, 0.2) is 48.5 Å². The molecule has 4 N–H and O–H groups in total. The van der Waals surface area contributed by atoms with Crippen LogP contribution in [0, 0.1) is 0 Å². The fourth-order valence-electron chi connectivity index (χ4n) is 2.41. The Morgan fingerprint density at radius 1 is 1.12 bits per heavy atom.